The van der Waals surface area contributed by atoms with E-state index in [-0.39, 0.29) is 24.0 Å². The highest BCUT2D eigenvalue weighted by atomic mass is 32.2. The number of halogens is 1. The summed E-state index contributed by atoms with van der Waals surface area (Å²) in [7, 11) is 0. The van der Waals surface area contributed by atoms with E-state index >= 15 is 0 Å². The van der Waals surface area contributed by atoms with Crippen molar-refractivity contribution in [3.05, 3.63) is 65.5 Å². The van der Waals surface area contributed by atoms with Gasteiger partial charge < -0.3 is 10.6 Å². The molecule has 8 heteroatoms. The summed E-state index contributed by atoms with van der Waals surface area (Å²) < 4.78 is 13.7. The molecule has 0 saturated carbocycles. The summed E-state index contributed by atoms with van der Waals surface area (Å²) in [6, 6.07) is 12.7. The SMILES string of the molecule is CC1(CSc2ccccc2C(=O)NCc2ccccc2F)NC(=O)NC1=O. The number of thioether (sulfide) groups is 1. The van der Waals surface area contributed by atoms with Gasteiger partial charge in [0, 0.05) is 22.8 Å². The number of hydrogen-bond acceptors (Lipinski definition) is 4. The zero-order valence-electron chi connectivity index (χ0n) is 14.5. The minimum Gasteiger partial charge on any atom is -0.348 e. The third-order valence-electron chi connectivity index (χ3n) is 4.16. The number of carbonyl (C=O) groups is 3. The van der Waals surface area contributed by atoms with Crippen molar-refractivity contribution in [1.82, 2.24) is 16.0 Å². The van der Waals surface area contributed by atoms with Crippen LogP contribution >= 0.6 is 11.8 Å². The second-order valence-corrected chi connectivity index (χ2v) is 7.32. The minimum absolute atomic E-state index is 0.0701. The fraction of sp³-hybridized carbons (Fsp3) is 0.211. The van der Waals surface area contributed by atoms with Gasteiger partial charge in [-0.05, 0) is 25.1 Å². The van der Waals surface area contributed by atoms with Gasteiger partial charge in [0.25, 0.3) is 11.8 Å². The van der Waals surface area contributed by atoms with Crippen molar-refractivity contribution in [3.8, 4) is 0 Å². The molecule has 27 heavy (non-hydrogen) atoms. The van der Waals surface area contributed by atoms with Crippen LogP contribution in [0.1, 0.15) is 22.8 Å². The average molecular weight is 387 g/mol. The molecule has 0 radical (unpaired) electrons. The van der Waals surface area contributed by atoms with E-state index in [9.17, 15) is 18.8 Å². The first-order chi connectivity index (χ1) is 12.9. The molecule has 1 saturated heterocycles. The minimum atomic E-state index is -1.04. The Labute approximate surface area is 159 Å². The van der Waals surface area contributed by atoms with Gasteiger partial charge in [-0.3, -0.25) is 14.9 Å². The first-order valence-electron chi connectivity index (χ1n) is 8.26. The van der Waals surface area contributed by atoms with Crippen LogP contribution in [0.4, 0.5) is 9.18 Å². The maximum atomic E-state index is 13.7. The molecule has 0 spiro atoms. The Morgan fingerprint density at radius 1 is 1.15 bits per heavy atom. The number of nitrogens with one attached hydrogen (secondary N) is 3. The molecule has 4 amide bonds. The summed E-state index contributed by atoms with van der Waals surface area (Å²) in [5.74, 6) is -0.855. The lowest BCUT2D eigenvalue weighted by molar-refractivity contribution is -0.122. The van der Waals surface area contributed by atoms with Gasteiger partial charge in [0.05, 0.1) is 5.56 Å². The highest BCUT2D eigenvalue weighted by Crippen LogP contribution is 2.27. The smallest absolute Gasteiger partial charge is 0.322 e. The summed E-state index contributed by atoms with van der Waals surface area (Å²) >= 11 is 1.29. The Kier molecular flexibility index (Phi) is 5.46. The molecule has 1 heterocycles. The number of carbonyl (C=O) groups excluding carboxylic acids is 3. The summed E-state index contributed by atoms with van der Waals surface area (Å²) in [4.78, 5) is 36.5. The Morgan fingerprint density at radius 3 is 2.56 bits per heavy atom. The fourth-order valence-electron chi connectivity index (χ4n) is 2.60. The Hall–Kier alpha value is -2.87. The van der Waals surface area contributed by atoms with E-state index in [2.05, 4.69) is 16.0 Å². The van der Waals surface area contributed by atoms with Gasteiger partial charge in [-0.15, -0.1) is 11.8 Å². The van der Waals surface area contributed by atoms with Crippen LogP contribution in [0.15, 0.2) is 53.4 Å². The molecule has 2 aromatic carbocycles. The van der Waals surface area contributed by atoms with Gasteiger partial charge in [0.2, 0.25) is 0 Å². The van der Waals surface area contributed by atoms with Crippen LogP contribution in [-0.2, 0) is 11.3 Å². The van der Waals surface area contributed by atoms with E-state index in [1.54, 1.807) is 49.4 Å². The normalized spacial score (nSPS) is 18.7. The molecule has 1 unspecified atom stereocenters. The van der Waals surface area contributed by atoms with E-state index in [0.29, 0.717) is 16.0 Å². The van der Waals surface area contributed by atoms with E-state index in [4.69, 9.17) is 0 Å². The molecular weight excluding hydrogens is 369 g/mol. The number of benzene rings is 2. The van der Waals surface area contributed by atoms with Crippen molar-refractivity contribution < 1.29 is 18.8 Å². The number of imide groups is 1. The first kappa shape index (κ1) is 18.9. The van der Waals surface area contributed by atoms with Crippen molar-refractivity contribution in [2.24, 2.45) is 0 Å². The zero-order valence-corrected chi connectivity index (χ0v) is 15.4. The van der Waals surface area contributed by atoms with Crippen LogP contribution in [0.25, 0.3) is 0 Å². The van der Waals surface area contributed by atoms with Gasteiger partial charge >= 0.3 is 6.03 Å². The van der Waals surface area contributed by atoms with Gasteiger partial charge in [-0.2, -0.15) is 0 Å². The molecule has 0 bridgehead atoms. The number of urea groups is 1. The maximum absolute atomic E-state index is 13.7. The quantitative estimate of drug-likeness (QED) is 0.525. The summed E-state index contributed by atoms with van der Waals surface area (Å²) in [6.07, 6.45) is 0. The lowest BCUT2D eigenvalue weighted by Crippen LogP contribution is -2.46. The van der Waals surface area contributed by atoms with Crippen molar-refractivity contribution in [3.63, 3.8) is 0 Å². The third-order valence-corrected chi connectivity index (χ3v) is 5.55. The van der Waals surface area contributed by atoms with Gasteiger partial charge in [-0.25, -0.2) is 9.18 Å². The highest BCUT2D eigenvalue weighted by molar-refractivity contribution is 7.99. The van der Waals surface area contributed by atoms with Crippen LogP contribution < -0.4 is 16.0 Å². The van der Waals surface area contributed by atoms with Gasteiger partial charge in [0.15, 0.2) is 0 Å². The molecule has 6 nitrogen and oxygen atoms in total. The number of rotatable bonds is 6. The van der Waals surface area contributed by atoms with Gasteiger partial charge in [-0.1, -0.05) is 30.3 Å². The standard InChI is InChI=1S/C19H18FN3O3S/c1-19(17(25)22-18(26)23-19)11-27-15-9-5-3-7-13(15)16(24)21-10-12-6-2-4-8-14(12)20/h2-9H,10-11H2,1H3,(H,21,24)(H2,22,23,25,26). The van der Waals surface area contributed by atoms with Crippen LogP contribution in [-0.4, -0.2) is 29.1 Å². The largest absolute Gasteiger partial charge is 0.348 e. The molecular formula is C19H18FN3O3S. The Morgan fingerprint density at radius 2 is 1.85 bits per heavy atom. The zero-order chi connectivity index (χ0) is 19.4. The Balaban J connectivity index is 1.68. The molecule has 1 fully saturated rings. The van der Waals surface area contributed by atoms with Crippen LogP contribution in [0, 0.1) is 5.82 Å². The molecule has 3 N–H and O–H groups in total. The van der Waals surface area contributed by atoms with Crippen LogP contribution in [0.3, 0.4) is 0 Å². The predicted octanol–water partition coefficient (Wildman–Crippen LogP) is 2.45. The van der Waals surface area contributed by atoms with E-state index < -0.39 is 17.5 Å². The second kappa shape index (κ2) is 7.79. The predicted molar refractivity (Wildman–Crippen MR) is 99.8 cm³/mol. The highest BCUT2D eigenvalue weighted by Gasteiger charge is 2.41. The lowest BCUT2D eigenvalue weighted by Gasteiger charge is -2.20. The monoisotopic (exact) mass is 387 g/mol. The number of hydrogen-bond donors (Lipinski definition) is 3. The molecule has 3 rings (SSSR count). The molecule has 0 aromatic heterocycles. The first-order valence-corrected chi connectivity index (χ1v) is 9.25. The topological polar surface area (TPSA) is 87.3 Å². The van der Waals surface area contributed by atoms with Crippen LogP contribution in [0.5, 0.6) is 0 Å². The van der Waals surface area contributed by atoms with Crippen molar-refractivity contribution in [2.75, 3.05) is 5.75 Å². The molecule has 2 aromatic rings. The molecule has 140 valence electrons. The summed E-state index contributed by atoms with van der Waals surface area (Å²) in [5, 5.41) is 7.51. The van der Waals surface area contributed by atoms with Crippen molar-refractivity contribution in [2.45, 2.75) is 23.9 Å². The van der Waals surface area contributed by atoms with E-state index in [1.165, 1.54) is 17.8 Å². The molecule has 0 aliphatic carbocycles. The lowest BCUT2D eigenvalue weighted by atomic mass is 10.1. The summed E-state index contributed by atoms with van der Waals surface area (Å²) in [5.41, 5.74) is -0.223. The average Bonchev–Trinajstić information content (AvgIpc) is 2.91. The van der Waals surface area contributed by atoms with Crippen molar-refractivity contribution in [1.29, 1.82) is 0 Å². The van der Waals surface area contributed by atoms with E-state index in [0.717, 1.165) is 0 Å². The summed E-state index contributed by atoms with van der Waals surface area (Å²) in [6.45, 7) is 1.70. The van der Waals surface area contributed by atoms with Gasteiger partial charge in [0.1, 0.15) is 11.4 Å². The molecule has 1 aliphatic heterocycles. The van der Waals surface area contributed by atoms with Crippen LogP contribution in [0.2, 0.25) is 0 Å². The third kappa shape index (κ3) is 4.28. The fourth-order valence-corrected chi connectivity index (χ4v) is 3.73. The molecule has 1 atom stereocenters. The Bertz CT molecular complexity index is 905. The maximum Gasteiger partial charge on any atom is 0.322 e. The number of amides is 4. The van der Waals surface area contributed by atoms with Crippen molar-refractivity contribution >= 4 is 29.6 Å². The van der Waals surface area contributed by atoms with E-state index in [1.807, 2.05) is 0 Å². The molecule has 1 aliphatic rings. The second-order valence-electron chi connectivity index (χ2n) is 6.30.